The molecule has 0 aliphatic carbocycles. The van der Waals surface area contributed by atoms with Gasteiger partial charge in [0.25, 0.3) is 0 Å². The van der Waals surface area contributed by atoms with Crippen LogP contribution in [-0.2, 0) is 0 Å². The van der Waals surface area contributed by atoms with Gasteiger partial charge in [0.2, 0.25) is 0 Å². The molecule has 0 spiro atoms. The molecular formula is C10H22ClN. The number of rotatable bonds is 7. The third-order valence-electron chi connectivity index (χ3n) is 2.32. The van der Waals surface area contributed by atoms with Gasteiger partial charge >= 0.3 is 0 Å². The van der Waals surface area contributed by atoms with E-state index in [1.165, 1.54) is 25.7 Å². The number of hydrogen-bond acceptors (Lipinski definition) is 1. The minimum atomic E-state index is -0.105. The molecule has 0 unspecified atom stereocenters. The lowest BCUT2D eigenvalue weighted by Gasteiger charge is -2.24. The molecule has 0 rings (SSSR count). The molecule has 2 heteroatoms. The van der Waals surface area contributed by atoms with E-state index < -0.39 is 0 Å². The number of alkyl halides is 1. The Morgan fingerprint density at radius 3 is 1.75 bits per heavy atom. The summed E-state index contributed by atoms with van der Waals surface area (Å²) in [6.07, 6.45) is 6.96. The normalized spacial score (nSPS) is 12.0. The first-order valence-electron chi connectivity index (χ1n) is 5.07. The molecule has 12 heavy (non-hydrogen) atoms. The van der Waals surface area contributed by atoms with Crippen molar-refractivity contribution in [3.8, 4) is 0 Å². The van der Waals surface area contributed by atoms with Gasteiger partial charge in [0.15, 0.2) is 0 Å². The summed E-state index contributed by atoms with van der Waals surface area (Å²) in [6, 6.07) is 0. The van der Waals surface area contributed by atoms with Crippen LogP contribution in [0.25, 0.3) is 0 Å². The summed E-state index contributed by atoms with van der Waals surface area (Å²) in [4.78, 5) is -0.105. The van der Waals surface area contributed by atoms with Gasteiger partial charge in [-0.05, 0) is 12.8 Å². The van der Waals surface area contributed by atoms with Crippen molar-refractivity contribution in [3.63, 3.8) is 0 Å². The molecule has 0 heterocycles. The molecule has 0 fully saturated rings. The van der Waals surface area contributed by atoms with E-state index in [1.54, 1.807) is 0 Å². The van der Waals surface area contributed by atoms with E-state index in [1.807, 2.05) is 0 Å². The Balaban J connectivity index is 3.70. The van der Waals surface area contributed by atoms with E-state index in [2.05, 4.69) is 13.8 Å². The molecule has 0 atom stereocenters. The minimum Gasteiger partial charge on any atom is -0.329 e. The van der Waals surface area contributed by atoms with Crippen LogP contribution in [-0.4, -0.2) is 11.4 Å². The SMILES string of the molecule is CCCCC(Cl)(CN)CCCC. The Labute approximate surface area is 81.7 Å². The second-order valence-corrected chi connectivity index (χ2v) is 4.36. The standard InChI is InChI=1S/C10H22ClN/c1-3-5-7-10(11,9-12)8-6-4-2/h3-9,12H2,1-2H3. The zero-order valence-electron chi connectivity index (χ0n) is 8.41. The topological polar surface area (TPSA) is 26.0 Å². The highest BCUT2D eigenvalue weighted by Crippen LogP contribution is 2.27. The second-order valence-electron chi connectivity index (χ2n) is 3.56. The van der Waals surface area contributed by atoms with Crippen molar-refractivity contribution >= 4 is 11.6 Å². The number of hydrogen-bond donors (Lipinski definition) is 1. The maximum atomic E-state index is 6.36. The first kappa shape index (κ1) is 12.2. The molecule has 0 bridgehead atoms. The summed E-state index contributed by atoms with van der Waals surface area (Å²) in [5.41, 5.74) is 5.66. The predicted molar refractivity (Wildman–Crippen MR) is 56.7 cm³/mol. The minimum absolute atomic E-state index is 0.105. The Morgan fingerprint density at radius 1 is 1.08 bits per heavy atom. The zero-order chi connectivity index (χ0) is 9.45. The van der Waals surface area contributed by atoms with E-state index in [-0.39, 0.29) is 4.87 Å². The Morgan fingerprint density at radius 2 is 1.50 bits per heavy atom. The van der Waals surface area contributed by atoms with Crippen LogP contribution in [0.5, 0.6) is 0 Å². The van der Waals surface area contributed by atoms with Crippen LogP contribution in [0.1, 0.15) is 52.4 Å². The van der Waals surface area contributed by atoms with Gasteiger partial charge in [-0.2, -0.15) is 0 Å². The van der Waals surface area contributed by atoms with Crippen LogP contribution >= 0.6 is 11.6 Å². The van der Waals surface area contributed by atoms with Crippen molar-refractivity contribution in [2.24, 2.45) is 5.73 Å². The fraction of sp³-hybridized carbons (Fsp3) is 1.00. The third kappa shape index (κ3) is 5.00. The molecule has 0 saturated carbocycles. The summed E-state index contributed by atoms with van der Waals surface area (Å²) >= 11 is 6.36. The molecular weight excluding hydrogens is 170 g/mol. The van der Waals surface area contributed by atoms with Crippen molar-refractivity contribution < 1.29 is 0 Å². The van der Waals surface area contributed by atoms with E-state index in [0.717, 1.165) is 12.8 Å². The molecule has 1 nitrogen and oxygen atoms in total. The van der Waals surface area contributed by atoms with Crippen LogP contribution < -0.4 is 5.73 Å². The monoisotopic (exact) mass is 191 g/mol. The lowest BCUT2D eigenvalue weighted by atomic mass is 9.95. The van der Waals surface area contributed by atoms with Gasteiger partial charge in [0.05, 0.1) is 4.87 Å². The number of halogens is 1. The maximum Gasteiger partial charge on any atom is 0.0568 e. The largest absolute Gasteiger partial charge is 0.329 e. The van der Waals surface area contributed by atoms with Crippen LogP contribution in [0.4, 0.5) is 0 Å². The summed E-state index contributed by atoms with van der Waals surface area (Å²) in [6.45, 7) is 5.00. The van der Waals surface area contributed by atoms with Gasteiger partial charge < -0.3 is 5.73 Å². The Kier molecular flexibility index (Phi) is 6.87. The smallest absolute Gasteiger partial charge is 0.0568 e. The summed E-state index contributed by atoms with van der Waals surface area (Å²) in [5, 5.41) is 0. The highest BCUT2D eigenvalue weighted by Gasteiger charge is 2.23. The van der Waals surface area contributed by atoms with Crippen molar-refractivity contribution in [2.75, 3.05) is 6.54 Å². The highest BCUT2D eigenvalue weighted by molar-refractivity contribution is 6.24. The van der Waals surface area contributed by atoms with Crippen molar-refractivity contribution in [1.82, 2.24) is 0 Å². The molecule has 0 amide bonds. The van der Waals surface area contributed by atoms with Gasteiger partial charge in [-0.3, -0.25) is 0 Å². The molecule has 0 radical (unpaired) electrons. The van der Waals surface area contributed by atoms with Crippen LogP contribution in [0.15, 0.2) is 0 Å². The molecule has 74 valence electrons. The van der Waals surface area contributed by atoms with Crippen LogP contribution in [0.2, 0.25) is 0 Å². The first-order valence-corrected chi connectivity index (χ1v) is 5.45. The van der Waals surface area contributed by atoms with Crippen LogP contribution in [0.3, 0.4) is 0 Å². The van der Waals surface area contributed by atoms with Gasteiger partial charge in [0.1, 0.15) is 0 Å². The molecule has 0 aromatic heterocycles. The molecule has 0 aromatic carbocycles. The third-order valence-corrected chi connectivity index (χ3v) is 2.85. The van der Waals surface area contributed by atoms with Crippen LogP contribution in [0, 0.1) is 0 Å². The van der Waals surface area contributed by atoms with E-state index in [4.69, 9.17) is 17.3 Å². The molecule has 0 aliphatic heterocycles. The van der Waals surface area contributed by atoms with Crippen molar-refractivity contribution in [1.29, 1.82) is 0 Å². The summed E-state index contributed by atoms with van der Waals surface area (Å²) < 4.78 is 0. The predicted octanol–water partition coefficient (Wildman–Crippen LogP) is 3.30. The Hall–Kier alpha value is 0.250. The second kappa shape index (κ2) is 6.73. The molecule has 0 aliphatic rings. The van der Waals surface area contributed by atoms with Gasteiger partial charge in [0, 0.05) is 6.54 Å². The van der Waals surface area contributed by atoms with Gasteiger partial charge in [-0.1, -0.05) is 39.5 Å². The zero-order valence-corrected chi connectivity index (χ0v) is 9.16. The lowest BCUT2D eigenvalue weighted by molar-refractivity contribution is 0.462. The summed E-state index contributed by atoms with van der Waals surface area (Å²) in [7, 11) is 0. The average molecular weight is 192 g/mol. The Bertz CT molecular complexity index is 96.0. The van der Waals surface area contributed by atoms with Gasteiger partial charge in [-0.15, -0.1) is 11.6 Å². The lowest BCUT2D eigenvalue weighted by Crippen LogP contribution is -2.31. The van der Waals surface area contributed by atoms with Crippen molar-refractivity contribution in [2.45, 2.75) is 57.2 Å². The van der Waals surface area contributed by atoms with E-state index >= 15 is 0 Å². The highest BCUT2D eigenvalue weighted by atomic mass is 35.5. The first-order chi connectivity index (χ1) is 5.68. The molecule has 2 N–H and O–H groups in total. The van der Waals surface area contributed by atoms with Gasteiger partial charge in [-0.25, -0.2) is 0 Å². The fourth-order valence-corrected chi connectivity index (χ4v) is 1.58. The quantitative estimate of drug-likeness (QED) is 0.614. The molecule has 0 aromatic rings. The molecule has 0 saturated heterocycles. The maximum absolute atomic E-state index is 6.36. The summed E-state index contributed by atoms with van der Waals surface area (Å²) in [5.74, 6) is 0. The van der Waals surface area contributed by atoms with E-state index in [0.29, 0.717) is 6.54 Å². The van der Waals surface area contributed by atoms with Crippen molar-refractivity contribution in [3.05, 3.63) is 0 Å². The van der Waals surface area contributed by atoms with E-state index in [9.17, 15) is 0 Å². The average Bonchev–Trinajstić information content (AvgIpc) is 2.11. The fourth-order valence-electron chi connectivity index (χ4n) is 1.32. The number of unbranched alkanes of at least 4 members (excludes halogenated alkanes) is 2. The number of nitrogens with two attached hydrogens (primary N) is 1.